The lowest BCUT2D eigenvalue weighted by atomic mass is 10.1. The zero-order chi connectivity index (χ0) is 19.5. The van der Waals surface area contributed by atoms with Gasteiger partial charge in [0.25, 0.3) is 0 Å². The summed E-state index contributed by atoms with van der Waals surface area (Å²) in [4.78, 5) is 17.0. The van der Waals surface area contributed by atoms with Crippen LogP contribution in [0.4, 0.5) is 5.69 Å². The highest BCUT2D eigenvalue weighted by molar-refractivity contribution is 9.10. The Morgan fingerprint density at radius 1 is 1.04 bits per heavy atom. The number of nitrogens with zero attached hydrogens (tertiary/aromatic N) is 2. The van der Waals surface area contributed by atoms with Crippen LogP contribution < -0.4 is 14.8 Å². The van der Waals surface area contributed by atoms with Gasteiger partial charge in [0.2, 0.25) is 12.7 Å². The molecule has 2 aromatic carbocycles. The van der Waals surface area contributed by atoms with E-state index in [0.717, 1.165) is 59.9 Å². The molecule has 2 aliphatic heterocycles. The van der Waals surface area contributed by atoms with Gasteiger partial charge in [-0.3, -0.25) is 14.6 Å². The summed E-state index contributed by atoms with van der Waals surface area (Å²) in [7, 11) is 0. The van der Waals surface area contributed by atoms with Crippen LogP contribution in [0.1, 0.15) is 11.1 Å². The second-order valence-electron chi connectivity index (χ2n) is 7.25. The van der Waals surface area contributed by atoms with Gasteiger partial charge in [0, 0.05) is 42.9 Å². The van der Waals surface area contributed by atoms with E-state index in [1.165, 1.54) is 5.56 Å². The highest BCUT2D eigenvalue weighted by Gasteiger charge is 2.20. The van der Waals surface area contributed by atoms with E-state index in [1.807, 2.05) is 31.2 Å². The number of hydrogen-bond donors (Lipinski definition) is 1. The molecule has 0 spiro atoms. The third-order valence-corrected chi connectivity index (χ3v) is 6.01. The van der Waals surface area contributed by atoms with E-state index in [1.54, 1.807) is 0 Å². The zero-order valence-corrected chi connectivity index (χ0v) is 17.5. The zero-order valence-electron chi connectivity index (χ0n) is 15.9. The number of ether oxygens (including phenoxy) is 2. The minimum atomic E-state index is 0.0333. The Kier molecular flexibility index (Phi) is 5.85. The van der Waals surface area contributed by atoms with Crippen LogP contribution >= 0.6 is 15.9 Å². The normalized spacial score (nSPS) is 16.9. The molecule has 6 nitrogen and oxygen atoms in total. The second-order valence-corrected chi connectivity index (χ2v) is 8.11. The molecule has 2 heterocycles. The number of nitrogens with one attached hydrogen (secondary N) is 1. The van der Waals surface area contributed by atoms with Crippen LogP contribution in [-0.4, -0.2) is 55.2 Å². The van der Waals surface area contributed by atoms with Crippen LogP contribution in [0.2, 0.25) is 0 Å². The summed E-state index contributed by atoms with van der Waals surface area (Å²) in [5.74, 6) is 1.68. The Morgan fingerprint density at radius 2 is 1.79 bits per heavy atom. The Balaban J connectivity index is 1.23. The van der Waals surface area contributed by atoms with Crippen molar-refractivity contribution in [3.05, 3.63) is 52.0 Å². The maximum absolute atomic E-state index is 12.4. The number of hydrogen-bond acceptors (Lipinski definition) is 5. The molecule has 1 saturated heterocycles. The number of carbonyl (C=O) groups is 1. The first-order valence-electron chi connectivity index (χ1n) is 9.46. The van der Waals surface area contributed by atoms with Crippen molar-refractivity contribution in [1.82, 2.24) is 9.80 Å². The first-order chi connectivity index (χ1) is 13.6. The summed E-state index contributed by atoms with van der Waals surface area (Å²) in [6.07, 6.45) is 0. The predicted octanol–water partition coefficient (Wildman–Crippen LogP) is 3.24. The highest BCUT2D eigenvalue weighted by Crippen LogP contribution is 2.32. The first-order valence-corrected chi connectivity index (χ1v) is 10.3. The first kappa shape index (κ1) is 19.2. The third-order valence-electron chi connectivity index (χ3n) is 5.12. The highest BCUT2D eigenvalue weighted by atomic mass is 79.9. The van der Waals surface area contributed by atoms with Crippen LogP contribution in [0.25, 0.3) is 0 Å². The minimum absolute atomic E-state index is 0.0333. The summed E-state index contributed by atoms with van der Waals surface area (Å²) in [6, 6.07) is 12.0. The van der Waals surface area contributed by atoms with Crippen molar-refractivity contribution >= 4 is 27.5 Å². The largest absolute Gasteiger partial charge is 0.454 e. The molecule has 0 atom stereocenters. The molecule has 2 aliphatic rings. The summed E-state index contributed by atoms with van der Waals surface area (Å²) in [5.41, 5.74) is 3.17. The van der Waals surface area contributed by atoms with Gasteiger partial charge in [-0.05, 0) is 48.4 Å². The minimum Gasteiger partial charge on any atom is -0.454 e. The van der Waals surface area contributed by atoms with Crippen LogP contribution in [0.3, 0.4) is 0 Å². The van der Waals surface area contributed by atoms with E-state index in [9.17, 15) is 4.79 Å². The van der Waals surface area contributed by atoms with Crippen molar-refractivity contribution in [2.45, 2.75) is 13.5 Å². The fourth-order valence-electron chi connectivity index (χ4n) is 3.53. The molecule has 0 unspecified atom stereocenters. The smallest absolute Gasteiger partial charge is 0.238 e. The monoisotopic (exact) mass is 445 g/mol. The Hall–Kier alpha value is -2.09. The summed E-state index contributed by atoms with van der Waals surface area (Å²) < 4.78 is 11.9. The average molecular weight is 446 g/mol. The van der Waals surface area contributed by atoms with Gasteiger partial charge in [0.1, 0.15) is 0 Å². The average Bonchev–Trinajstić information content (AvgIpc) is 3.14. The number of benzene rings is 2. The molecular formula is C21H24BrN3O3. The van der Waals surface area contributed by atoms with Gasteiger partial charge in [-0.15, -0.1) is 0 Å². The van der Waals surface area contributed by atoms with Gasteiger partial charge in [-0.25, -0.2) is 0 Å². The van der Waals surface area contributed by atoms with E-state index in [4.69, 9.17) is 9.47 Å². The second kappa shape index (κ2) is 8.51. The van der Waals surface area contributed by atoms with Crippen LogP contribution in [0, 0.1) is 6.92 Å². The molecule has 7 heteroatoms. The number of amides is 1. The van der Waals surface area contributed by atoms with Crippen molar-refractivity contribution in [2.24, 2.45) is 0 Å². The number of anilines is 1. The lowest BCUT2D eigenvalue weighted by Gasteiger charge is -2.34. The third kappa shape index (κ3) is 4.66. The van der Waals surface area contributed by atoms with E-state index >= 15 is 0 Å². The van der Waals surface area contributed by atoms with Gasteiger partial charge < -0.3 is 14.8 Å². The molecular weight excluding hydrogens is 422 g/mol. The number of halogens is 1. The van der Waals surface area contributed by atoms with E-state index < -0.39 is 0 Å². The topological polar surface area (TPSA) is 54.0 Å². The molecule has 0 saturated carbocycles. The Labute approximate surface area is 173 Å². The Bertz CT molecular complexity index is 866. The maximum Gasteiger partial charge on any atom is 0.238 e. The van der Waals surface area contributed by atoms with Crippen molar-refractivity contribution in [3.63, 3.8) is 0 Å². The SMILES string of the molecule is Cc1cc(NC(=O)CN2CCN(Cc3ccc4c(c3)OCO4)CC2)ccc1Br. The van der Waals surface area contributed by atoms with E-state index in [0.29, 0.717) is 13.3 Å². The van der Waals surface area contributed by atoms with Crippen LogP contribution in [-0.2, 0) is 11.3 Å². The van der Waals surface area contributed by atoms with Gasteiger partial charge in [0.05, 0.1) is 6.54 Å². The summed E-state index contributed by atoms with van der Waals surface area (Å²) in [6.45, 7) is 7.28. The number of carbonyl (C=O) groups excluding carboxylic acids is 1. The quantitative estimate of drug-likeness (QED) is 0.765. The van der Waals surface area contributed by atoms with Gasteiger partial charge in [-0.2, -0.15) is 0 Å². The number of rotatable bonds is 5. The molecule has 0 bridgehead atoms. The number of piperazine rings is 1. The molecule has 1 fully saturated rings. The standard InChI is InChI=1S/C21H24BrN3O3/c1-15-10-17(3-4-18(15)22)23-21(26)13-25-8-6-24(7-9-25)12-16-2-5-19-20(11-16)28-14-27-19/h2-5,10-11H,6-9,12-14H2,1H3,(H,23,26). The lowest BCUT2D eigenvalue weighted by Crippen LogP contribution is -2.48. The summed E-state index contributed by atoms with van der Waals surface area (Å²) >= 11 is 3.48. The van der Waals surface area contributed by atoms with Gasteiger partial charge >= 0.3 is 0 Å². The molecule has 148 valence electrons. The van der Waals surface area contributed by atoms with E-state index in [-0.39, 0.29) is 5.91 Å². The van der Waals surface area contributed by atoms with Crippen molar-refractivity contribution in [3.8, 4) is 11.5 Å². The Morgan fingerprint density at radius 3 is 2.57 bits per heavy atom. The molecule has 0 aliphatic carbocycles. The fraction of sp³-hybridized carbons (Fsp3) is 0.381. The summed E-state index contributed by atoms with van der Waals surface area (Å²) in [5, 5.41) is 2.99. The van der Waals surface area contributed by atoms with Crippen LogP contribution in [0.5, 0.6) is 11.5 Å². The lowest BCUT2D eigenvalue weighted by molar-refractivity contribution is -0.117. The molecule has 2 aromatic rings. The van der Waals surface area contributed by atoms with Crippen LogP contribution in [0.15, 0.2) is 40.9 Å². The molecule has 0 radical (unpaired) electrons. The van der Waals surface area contributed by atoms with Gasteiger partial charge in [-0.1, -0.05) is 22.0 Å². The van der Waals surface area contributed by atoms with E-state index in [2.05, 4.69) is 43.2 Å². The van der Waals surface area contributed by atoms with Crippen molar-refractivity contribution < 1.29 is 14.3 Å². The molecule has 1 N–H and O–H groups in total. The molecule has 1 amide bonds. The van der Waals surface area contributed by atoms with Crippen molar-refractivity contribution in [2.75, 3.05) is 44.8 Å². The molecule has 0 aromatic heterocycles. The predicted molar refractivity (Wildman–Crippen MR) is 112 cm³/mol. The fourth-order valence-corrected chi connectivity index (χ4v) is 3.78. The molecule has 28 heavy (non-hydrogen) atoms. The number of fused-ring (bicyclic) bond motifs is 1. The number of aryl methyl sites for hydroxylation is 1. The maximum atomic E-state index is 12.4. The molecule has 4 rings (SSSR count). The van der Waals surface area contributed by atoms with Crippen molar-refractivity contribution in [1.29, 1.82) is 0 Å². The van der Waals surface area contributed by atoms with Gasteiger partial charge in [0.15, 0.2) is 11.5 Å².